The number of hydrogen-bond donors (Lipinski definition) is 2. The number of halogens is 1. The van der Waals surface area contributed by atoms with Gasteiger partial charge in [-0.3, -0.25) is 0 Å². The zero-order chi connectivity index (χ0) is 14.6. The molecule has 1 aliphatic heterocycles. The van der Waals surface area contributed by atoms with Crippen LogP contribution < -0.4 is 5.32 Å². The highest BCUT2D eigenvalue weighted by Crippen LogP contribution is 2.26. The van der Waals surface area contributed by atoms with E-state index in [1.165, 1.54) is 12.0 Å². The lowest BCUT2D eigenvalue weighted by Crippen LogP contribution is -2.39. The molecule has 2 rings (SSSR count). The molecule has 1 aromatic rings. The minimum Gasteiger partial charge on any atom is -0.387 e. The van der Waals surface area contributed by atoms with Crippen molar-refractivity contribution in [2.24, 2.45) is 5.41 Å². The summed E-state index contributed by atoms with van der Waals surface area (Å²) in [5, 5.41) is 13.9. The third-order valence-electron chi connectivity index (χ3n) is 4.40. The Labute approximate surface area is 135 Å². The Morgan fingerprint density at radius 2 is 2.00 bits per heavy atom. The van der Waals surface area contributed by atoms with Gasteiger partial charge < -0.3 is 15.3 Å². The first-order valence-corrected chi connectivity index (χ1v) is 7.70. The Balaban J connectivity index is 0.00000220. The van der Waals surface area contributed by atoms with Crippen molar-refractivity contribution >= 4 is 12.4 Å². The molecule has 2 N–H and O–H groups in total. The van der Waals surface area contributed by atoms with Gasteiger partial charge >= 0.3 is 0 Å². The number of rotatable bonds is 6. The SMILES string of the molecule is CCN(CC(O)c1ccc(C)cc1)CC1(C)CCNC1.Cl. The van der Waals surface area contributed by atoms with Gasteiger partial charge in [0.15, 0.2) is 0 Å². The van der Waals surface area contributed by atoms with E-state index in [0.29, 0.717) is 5.41 Å². The van der Waals surface area contributed by atoms with E-state index in [-0.39, 0.29) is 12.4 Å². The highest BCUT2D eigenvalue weighted by Gasteiger charge is 2.30. The molecule has 0 saturated carbocycles. The van der Waals surface area contributed by atoms with Crippen molar-refractivity contribution in [3.05, 3.63) is 35.4 Å². The second kappa shape index (κ2) is 8.14. The van der Waals surface area contributed by atoms with E-state index in [1.807, 2.05) is 12.1 Å². The van der Waals surface area contributed by atoms with Crippen LogP contribution in [0.3, 0.4) is 0 Å². The van der Waals surface area contributed by atoms with Gasteiger partial charge in [-0.25, -0.2) is 0 Å². The maximum atomic E-state index is 10.4. The molecule has 2 atom stereocenters. The predicted molar refractivity (Wildman–Crippen MR) is 91.1 cm³/mol. The molecular formula is C17H29ClN2O. The molecule has 1 fully saturated rings. The van der Waals surface area contributed by atoms with Crippen LogP contribution in [0.2, 0.25) is 0 Å². The molecule has 0 aliphatic carbocycles. The Kier molecular flexibility index (Phi) is 7.14. The summed E-state index contributed by atoms with van der Waals surface area (Å²) in [4.78, 5) is 2.37. The predicted octanol–water partition coefficient (Wildman–Crippen LogP) is 2.77. The van der Waals surface area contributed by atoms with Gasteiger partial charge in [-0.15, -0.1) is 12.4 Å². The summed E-state index contributed by atoms with van der Waals surface area (Å²) in [6, 6.07) is 8.20. The van der Waals surface area contributed by atoms with Gasteiger partial charge in [0.2, 0.25) is 0 Å². The van der Waals surface area contributed by atoms with Crippen molar-refractivity contribution in [1.82, 2.24) is 10.2 Å². The summed E-state index contributed by atoms with van der Waals surface area (Å²) >= 11 is 0. The highest BCUT2D eigenvalue weighted by molar-refractivity contribution is 5.85. The van der Waals surface area contributed by atoms with Crippen molar-refractivity contribution in [1.29, 1.82) is 0 Å². The van der Waals surface area contributed by atoms with Gasteiger partial charge in [0.1, 0.15) is 0 Å². The Bertz CT molecular complexity index is 415. The number of benzene rings is 1. The lowest BCUT2D eigenvalue weighted by atomic mass is 9.89. The van der Waals surface area contributed by atoms with Gasteiger partial charge in [0.05, 0.1) is 6.10 Å². The number of hydrogen-bond acceptors (Lipinski definition) is 3. The van der Waals surface area contributed by atoms with Crippen LogP contribution in [0.5, 0.6) is 0 Å². The first-order valence-electron chi connectivity index (χ1n) is 7.70. The Morgan fingerprint density at radius 1 is 1.33 bits per heavy atom. The molecule has 0 radical (unpaired) electrons. The van der Waals surface area contributed by atoms with Crippen LogP contribution in [0.1, 0.15) is 37.5 Å². The lowest BCUT2D eigenvalue weighted by molar-refractivity contribution is 0.0914. The third kappa shape index (κ3) is 5.26. The van der Waals surface area contributed by atoms with Crippen molar-refractivity contribution in [2.45, 2.75) is 33.3 Å². The highest BCUT2D eigenvalue weighted by atomic mass is 35.5. The van der Waals surface area contributed by atoms with E-state index in [2.05, 4.69) is 43.1 Å². The molecular weight excluding hydrogens is 284 g/mol. The average Bonchev–Trinajstić information content (AvgIpc) is 2.85. The van der Waals surface area contributed by atoms with E-state index in [4.69, 9.17) is 0 Å². The molecule has 0 amide bonds. The fraction of sp³-hybridized carbons (Fsp3) is 0.647. The molecule has 1 aliphatic rings. The molecule has 1 heterocycles. The Morgan fingerprint density at radius 3 is 2.52 bits per heavy atom. The minimum absolute atomic E-state index is 0. The maximum Gasteiger partial charge on any atom is 0.0916 e. The molecule has 0 spiro atoms. The van der Waals surface area contributed by atoms with Gasteiger partial charge in [-0.05, 0) is 37.4 Å². The van der Waals surface area contributed by atoms with E-state index >= 15 is 0 Å². The smallest absolute Gasteiger partial charge is 0.0916 e. The van der Waals surface area contributed by atoms with E-state index in [1.54, 1.807) is 0 Å². The quantitative estimate of drug-likeness (QED) is 0.848. The molecule has 3 nitrogen and oxygen atoms in total. The second-order valence-electron chi connectivity index (χ2n) is 6.49. The zero-order valence-corrected chi connectivity index (χ0v) is 14.2. The third-order valence-corrected chi connectivity index (χ3v) is 4.40. The maximum absolute atomic E-state index is 10.4. The summed E-state index contributed by atoms with van der Waals surface area (Å²) in [6.07, 6.45) is 0.831. The standard InChI is InChI=1S/C17H28N2O.ClH/c1-4-19(13-17(3)9-10-18-12-17)11-16(20)15-7-5-14(2)6-8-15;/h5-8,16,18,20H,4,9-13H2,1-3H3;1H. The summed E-state index contributed by atoms with van der Waals surface area (Å²) < 4.78 is 0. The molecule has 21 heavy (non-hydrogen) atoms. The monoisotopic (exact) mass is 312 g/mol. The largest absolute Gasteiger partial charge is 0.387 e. The van der Waals surface area contributed by atoms with Crippen LogP contribution in [0, 0.1) is 12.3 Å². The van der Waals surface area contributed by atoms with Gasteiger partial charge in [-0.2, -0.15) is 0 Å². The van der Waals surface area contributed by atoms with Crippen LogP contribution in [0.4, 0.5) is 0 Å². The van der Waals surface area contributed by atoms with Crippen LogP contribution >= 0.6 is 12.4 Å². The first-order chi connectivity index (χ1) is 9.52. The van der Waals surface area contributed by atoms with Crippen molar-refractivity contribution < 1.29 is 5.11 Å². The molecule has 2 unspecified atom stereocenters. The van der Waals surface area contributed by atoms with Gasteiger partial charge in [0.25, 0.3) is 0 Å². The average molecular weight is 313 g/mol. The number of likely N-dealkylation sites (N-methyl/N-ethyl adjacent to an activating group) is 1. The van der Waals surface area contributed by atoms with Crippen molar-refractivity contribution in [2.75, 3.05) is 32.7 Å². The zero-order valence-electron chi connectivity index (χ0n) is 13.4. The lowest BCUT2D eigenvalue weighted by Gasteiger charge is -2.32. The summed E-state index contributed by atoms with van der Waals surface area (Å²) in [5.41, 5.74) is 2.60. The van der Waals surface area contributed by atoms with Crippen LogP contribution in [-0.2, 0) is 0 Å². The fourth-order valence-corrected chi connectivity index (χ4v) is 2.99. The molecule has 1 aromatic carbocycles. The second-order valence-corrected chi connectivity index (χ2v) is 6.49. The molecule has 0 aromatic heterocycles. The van der Waals surface area contributed by atoms with Crippen LogP contribution in [0.15, 0.2) is 24.3 Å². The molecule has 120 valence electrons. The first kappa shape index (κ1) is 18.4. The molecule has 0 bridgehead atoms. The van der Waals surface area contributed by atoms with Crippen molar-refractivity contribution in [3.63, 3.8) is 0 Å². The van der Waals surface area contributed by atoms with Crippen LogP contribution in [0.25, 0.3) is 0 Å². The molecule has 4 heteroatoms. The van der Waals surface area contributed by atoms with Gasteiger partial charge in [-0.1, -0.05) is 43.7 Å². The normalized spacial score (nSPS) is 23.1. The van der Waals surface area contributed by atoms with Crippen molar-refractivity contribution in [3.8, 4) is 0 Å². The van der Waals surface area contributed by atoms with E-state index in [9.17, 15) is 5.11 Å². The topological polar surface area (TPSA) is 35.5 Å². The van der Waals surface area contributed by atoms with E-state index in [0.717, 1.165) is 38.3 Å². The Hall–Kier alpha value is -0.610. The fourth-order valence-electron chi connectivity index (χ4n) is 2.99. The van der Waals surface area contributed by atoms with E-state index < -0.39 is 6.10 Å². The number of nitrogens with one attached hydrogen (secondary N) is 1. The molecule has 1 saturated heterocycles. The minimum atomic E-state index is -0.395. The number of aryl methyl sites for hydroxylation is 1. The van der Waals surface area contributed by atoms with Crippen LogP contribution in [-0.4, -0.2) is 42.7 Å². The number of aliphatic hydroxyl groups is 1. The summed E-state index contributed by atoms with van der Waals surface area (Å²) in [6.45, 7) is 11.6. The van der Waals surface area contributed by atoms with Gasteiger partial charge in [0, 0.05) is 19.6 Å². The summed E-state index contributed by atoms with van der Waals surface area (Å²) in [5.74, 6) is 0. The number of aliphatic hydroxyl groups excluding tert-OH is 1. The number of nitrogens with zero attached hydrogens (tertiary/aromatic N) is 1. The summed E-state index contributed by atoms with van der Waals surface area (Å²) in [7, 11) is 0.